The van der Waals surface area contributed by atoms with Gasteiger partial charge in [-0.3, -0.25) is 9.78 Å². The Hall–Kier alpha value is -0.700. The van der Waals surface area contributed by atoms with Crippen LogP contribution in [0.2, 0.25) is 0 Å². The first-order valence-corrected chi connectivity index (χ1v) is 7.02. The number of nitrogens with zero attached hydrogens (tertiary/aromatic N) is 1. The van der Waals surface area contributed by atoms with Gasteiger partial charge in [-0.15, -0.1) is 0 Å². The van der Waals surface area contributed by atoms with Gasteiger partial charge >= 0.3 is 0 Å². The van der Waals surface area contributed by atoms with E-state index >= 15 is 0 Å². The quantitative estimate of drug-likeness (QED) is 0.846. The highest BCUT2D eigenvalue weighted by Crippen LogP contribution is 2.37. The van der Waals surface area contributed by atoms with E-state index in [9.17, 15) is 4.79 Å². The summed E-state index contributed by atoms with van der Waals surface area (Å²) in [4.78, 5) is 16.5. The van der Waals surface area contributed by atoms with E-state index in [0.717, 1.165) is 22.9 Å². The molecule has 0 aliphatic heterocycles. The number of carbonyl (C=O) groups excluding carboxylic acids is 1. The third-order valence-corrected chi connectivity index (χ3v) is 4.19. The molecule has 3 heteroatoms. The number of rotatable bonds is 3. The molecule has 17 heavy (non-hydrogen) atoms. The van der Waals surface area contributed by atoms with Crippen LogP contribution in [0.3, 0.4) is 0 Å². The highest BCUT2D eigenvalue weighted by molar-refractivity contribution is 9.10. The smallest absolute Gasteiger partial charge is 0.143 e. The third kappa shape index (κ3) is 3.15. The molecule has 92 valence electrons. The predicted octanol–water partition coefficient (Wildman–Crippen LogP) is 3.93. The van der Waals surface area contributed by atoms with Gasteiger partial charge in [-0.2, -0.15) is 0 Å². The second-order valence-electron chi connectivity index (χ2n) is 5.23. The van der Waals surface area contributed by atoms with Crippen LogP contribution in [0.25, 0.3) is 0 Å². The molecule has 1 aromatic heterocycles. The van der Waals surface area contributed by atoms with Gasteiger partial charge in [0.1, 0.15) is 5.78 Å². The van der Waals surface area contributed by atoms with E-state index in [2.05, 4.69) is 27.8 Å². The first-order chi connectivity index (χ1) is 8.10. The van der Waals surface area contributed by atoms with Crippen molar-refractivity contribution in [3.63, 3.8) is 0 Å². The first kappa shape index (κ1) is 12.7. The molecule has 0 radical (unpaired) electrons. The third-order valence-electron chi connectivity index (χ3n) is 3.76. The number of ketones is 1. The molecular weight excluding hydrogens is 278 g/mol. The summed E-state index contributed by atoms with van der Waals surface area (Å²) in [6, 6.07) is 1.98. The zero-order valence-electron chi connectivity index (χ0n) is 10.2. The molecule has 1 aliphatic carbocycles. The first-order valence-electron chi connectivity index (χ1n) is 6.23. The number of carbonyl (C=O) groups is 1. The Morgan fingerprint density at radius 2 is 2.06 bits per heavy atom. The molecule has 0 bridgehead atoms. The Kier molecular flexibility index (Phi) is 3.97. The van der Waals surface area contributed by atoms with Gasteiger partial charge in [0.05, 0.1) is 0 Å². The van der Waals surface area contributed by atoms with E-state index < -0.39 is 0 Å². The van der Waals surface area contributed by atoms with E-state index in [1.165, 1.54) is 19.3 Å². The Balaban J connectivity index is 2.05. The predicted molar refractivity (Wildman–Crippen MR) is 71.8 cm³/mol. The standard InChI is InChI=1S/C14H18BrNO/c1-14(5-3-2-4-6-14)13(17)8-11-7-12(15)10-16-9-11/h7,9-10H,2-6,8H2,1H3. The van der Waals surface area contributed by atoms with Crippen LogP contribution in [0.5, 0.6) is 0 Å². The summed E-state index contributed by atoms with van der Waals surface area (Å²) in [5.74, 6) is 0.372. The van der Waals surface area contributed by atoms with Crippen molar-refractivity contribution in [1.29, 1.82) is 0 Å². The fourth-order valence-corrected chi connectivity index (χ4v) is 2.97. The molecule has 0 unspecified atom stereocenters. The number of pyridine rings is 1. The van der Waals surface area contributed by atoms with Gasteiger partial charge in [0.25, 0.3) is 0 Å². The number of Topliss-reactive ketones (excluding diaryl/α,β-unsaturated/α-hetero) is 1. The molecule has 1 aromatic rings. The number of halogens is 1. The van der Waals surface area contributed by atoms with Crippen LogP contribution in [0.4, 0.5) is 0 Å². The van der Waals surface area contributed by atoms with Crippen LogP contribution in [-0.4, -0.2) is 10.8 Å². The molecule has 2 nitrogen and oxygen atoms in total. The topological polar surface area (TPSA) is 30.0 Å². The Labute approximate surface area is 111 Å². The van der Waals surface area contributed by atoms with Crippen LogP contribution >= 0.6 is 15.9 Å². The minimum Gasteiger partial charge on any atom is -0.299 e. The van der Waals surface area contributed by atoms with Crippen LogP contribution in [0.15, 0.2) is 22.9 Å². The van der Waals surface area contributed by atoms with Gasteiger partial charge in [-0.1, -0.05) is 26.2 Å². The fourth-order valence-electron chi connectivity index (χ4n) is 2.56. The molecule has 0 aromatic carbocycles. The average molecular weight is 296 g/mol. The van der Waals surface area contributed by atoms with Crippen molar-refractivity contribution in [2.75, 3.05) is 0 Å². The lowest BCUT2D eigenvalue weighted by Gasteiger charge is -2.32. The highest BCUT2D eigenvalue weighted by atomic mass is 79.9. The Morgan fingerprint density at radius 3 is 2.71 bits per heavy atom. The molecule has 0 amide bonds. The summed E-state index contributed by atoms with van der Waals surface area (Å²) < 4.78 is 0.941. The Morgan fingerprint density at radius 1 is 1.35 bits per heavy atom. The largest absolute Gasteiger partial charge is 0.299 e. The van der Waals surface area contributed by atoms with Crippen molar-refractivity contribution in [3.05, 3.63) is 28.5 Å². The zero-order chi connectivity index (χ0) is 12.3. The molecule has 2 rings (SSSR count). The lowest BCUT2D eigenvalue weighted by molar-refractivity contribution is -0.128. The zero-order valence-corrected chi connectivity index (χ0v) is 11.8. The molecule has 1 aliphatic rings. The van der Waals surface area contributed by atoms with Gasteiger partial charge in [0.2, 0.25) is 0 Å². The molecule has 1 heterocycles. The average Bonchev–Trinajstić information content (AvgIpc) is 2.30. The van der Waals surface area contributed by atoms with Crippen LogP contribution in [-0.2, 0) is 11.2 Å². The maximum Gasteiger partial charge on any atom is 0.143 e. The second-order valence-corrected chi connectivity index (χ2v) is 6.15. The van der Waals surface area contributed by atoms with Crippen molar-refractivity contribution in [1.82, 2.24) is 4.98 Å². The van der Waals surface area contributed by atoms with Crippen molar-refractivity contribution in [2.45, 2.75) is 45.4 Å². The molecule has 0 saturated heterocycles. The summed E-state index contributed by atoms with van der Waals surface area (Å²) in [6.45, 7) is 2.12. The van der Waals surface area contributed by atoms with E-state index in [0.29, 0.717) is 12.2 Å². The van der Waals surface area contributed by atoms with Gasteiger partial charge in [-0.05, 0) is 40.4 Å². The highest BCUT2D eigenvalue weighted by Gasteiger charge is 2.33. The van der Waals surface area contributed by atoms with E-state index in [4.69, 9.17) is 0 Å². The summed E-state index contributed by atoms with van der Waals surface area (Å²) in [7, 11) is 0. The lowest BCUT2D eigenvalue weighted by atomic mass is 9.71. The summed E-state index contributed by atoms with van der Waals surface area (Å²) in [5.41, 5.74) is 0.914. The van der Waals surface area contributed by atoms with Crippen LogP contribution < -0.4 is 0 Å². The van der Waals surface area contributed by atoms with Crippen molar-refractivity contribution < 1.29 is 4.79 Å². The molecule has 0 atom stereocenters. The minimum absolute atomic E-state index is 0.0967. The molecule has 1 fully saturated rings. The Bertz CT molecular complexity index is 410. The van der Waals surface area contributed by atoms with E-state index in [1.807, 2.05) is 6.07 Å². The fraction of sp³-hybridized carbons (Fsp3) is 0.571. The number of aromatic nitrogens is 1. The molecular formula is C14H18BrNO. The maximum atomic E-state index is 12.4. The molecule has 0 spiro atoms. The monoisotopic (exact) mass is 295 g/mol. The SMILES string of the molecule is CC1(C(=O)Cc2cncc(Br)c2)CCCCC1. The lowest BCUT2D eigenvalue weighted by Crippen LogP contribution is -2.31. The van der Waals surface area contributed by atoms with Crippen molar-refractivity contribution >= 4 is 21.7 Å². The second kappa shape index (κ2) is 5.30. The molecule has 0 N–H and O–H groups in total. The number of hydrogen-bond donors (Lipinski definition) is 0. The number of hydrogen-bond acceptors (Lipinski definition) is 2. The normalized spacial score (nSPS) is 18.9. The maximum absolute atomic E-state index is 12.4. The van der Waals surface area contributed by atoms with E-state index in [-0.39, 0.29) is 5.41 Å². The molecule has 1 saturated carbocycles. The summed E-state index contributed by atoms with van der Waals surface area (Å²) in [5, 5.41) is 0. The summed E-state index contributed by atoms with van der Waals surface area (Å²) in [6.07, 6.45) is 9.81. The van der Waals surface area contributed by atoms with Gasteiger partial charge in [-0.25, -0.2) is 0 Å². The minimum atomic E-state index is -0.0967. The van der Waals surface area contributed by atoms with Crippen molar-refractivity contribution in [2.24, 2.45) is 5.41 Å². The van der Waals surface area contributed by atoms with E-state index in [1.54, 1.807) is 12.4 Å². The van der Waals surface area contributed by atoms with Crippen molar-refractivity contribution in [3.8, 4) is 0 Å². The van der Waals surface area contributed by atoms with Gasteiger partial charge in [0.15, 0.2) is 0 Å². The van der Waals surface area contributed by atoms with Gasteiger partial charge < -0.3 is 0 Å². The van der Waals surface area contributed by atoms with Crippen LogP contribution in [0, 0.1) is 5.41 Å². The summed E-state index contributed by atoms with van der Waals surface area (Å²) >= 11 is 3.39. The van der Waals surface area contributed by atoms with Gasteiger partial charge in [0, 0.05) is 28.7 Å². The van der Waals surface area contributed by atoms with Crippen LogP contribution in [0.1, 0.15) is 44.6 Å².